The molecule has 0 amide bonds. The predicted molar refractivity (Wildman–Crippen MR) is 71.0 cm³/mol. The molecule has 17 heavy (non-hydrogen) atoms. The van der Waals surface area contributed by atoms with Crippen LogP contribution in [0.5, 0.6) is 0 Å². The maximum absolute atomic E-state index is 5.30. The molecule has 0 bridgehead atoms. The molecule has 0 aliphatic rings. The smallest absolute Gasteiger partial charge is 0.182 e. The van der Waals surface area contributed by atoms with Crippen molar-refractivity contribution in [1.82, 2.24) is 14.5 Å². The largest absolute Gasteiger partial charge is 0.335 e. The Kier molecular flexibility index (Phi) is 2.30. The Hall–Kier alpha value is -1.94. The molecule has 3 nitrogen and oxygen atoms in total. The number of fused-ring (bicyclic) bond motifs is 1. The summed E-state index contributed by atoms with van der Waals surface area (Å²) in [5.41, 5.74) is 3.09. The Balaban J connectivity index is 2.38. The van der Waals surface area contributed by atoms with E-state index in [0.717, 1.165) is 22.3 Å². The lowest BCUT2D eigenvalue weighted by molar-refractivity contribution is 1.04. The maximum atomic E-state index is 5.30. The van der Waals surface area contributed by atoms with E-state index in [9.17, 15) is 0 Å². The molecule has 0 radical (unpaired) electrons. The number of nitrogens with one attached hydrogen (secondary N) is 1. The average Bonchev–Trinajstić information content (AvgIpc) is 2.68. The molecular formula is C13H11N3S. The molecule has 0 spiro atoms. The van der Waals surface area contributed by atoms with Crippen molar-refractivity contribution in [1.29, 1.82) is 0 Å². The Bertz CT molecular complexity index is 734. The summed E-state index contributed by atoms with van der Waals surface area (Å²) in [4.78, 5) is 7.47. The third-order valence-corrected chi connectivity index (χ3v) is 3.03. The molecular weight excluding hydrogens is 230 g/mol. The summed E-state index contributed by atoms with van der Waals surface area (Å²) in [6, 6.07) is 10.0. The summed E-state index contributed by atoms with van der Waals surface area (Å²) in [7, 11) is 0. The van der Waals surface area contributed by atoms with Gasteiger partial charge in [-0.2, -0.15) is 0 Å². The van der Waals surface area contributed by atoms with Crippen LogP contribution in [0.2, 0.25) is 0 Å². The molecule has 1 aromatic carbocycles. The third kappa shape index (κ3) is 1.66. The molecule has 1 N–H and O–H groups in total. The second-order valence-electron chi connectivity index (χ2n) is 3.96. The number of nitrogens with zero attached hydrogens (tertiary/aromatic N) is 2. The van der Waals surface area contributed by atoms with Crippen molar-refractivity contribution >= 4 is 23.1 Å². The second-order valence-corrected chi connectivity index (χ2v) is 4.35. The summed E-state index contributed by atoms with van der Waals surface area (Å²) in [6.45, 7) is 2.00. The van der Waals surface area contributed by atoms with Gasteiger partial charge in [0.2, 0.25) is 0 Å². The third-order valence-electron chi connectivity index (χ3n) is 2.73. The number of hydrogen-bond acceptors (Lipinski definition) is 2. The quantitative estimate of drug-likeness (QED) is 0.662. The number of aromatic amines is 1. The van der Waals surface area contributed by atoms with Crippen molar-refractivity contribution in [2.24, 2.45) is 0 Å². The molecule has 0 atom stereocenters. The highest BCUT2D eigenvalue weighted by Crippen LogP contribution is 2.21. The highest BCUT2D eigenvalue weighted by Gasteiger charge is 2.04. The van der Waals surface area contributed by atoms with Crippen molar-refractivity contribution < 1.29 is 0 Å². The number of benzene rings is 1. The fourth-order valence-electron chi connectivity index (χ4n) is 1.99. The molecule has 0 unspecified atom stereocenters. The SMILES string of the molecule is Cc1cn(-c2cccc3ncccc23)c(=S)[nH]1. The van der Waals surface area contributed by atoms with Crippen LogP contribution in [0.3, 0.4) is 0 Å². The highest BCUT2D eigenvalue weighted by molar-refractivity contribution is 7.71. The lowest BCUT2D eigenvalue weighted by Gasteiger charge is -2.06. The first kappa shape index (κ1) is 10.2. The molecule has 3 aromatic rings. The first-order valence-electron chi connectivity index (χ1n) is 5.38. The van der Waals surface area contributed by atoms with Gasteiger partial charge in [-0.25, -0.2) is 0 Å². The number of pyridine rings is 1. The van der Waals surface area contributed by atoms with Crippen molar-refractivity contribution in [2.75, 3.05) is 0 Å². The fourth-order valence-corrected chi connectivity index (χ4v) is 2.30. The van der Waals surface area contributed by atoms with Crippen LogP contribution >= 0.6 is 12.2 Å². The Labute approximate surface area is 104 Å². The number of aromatic nitrogens is 3. The van der Waals surface area contributed by atoms with Gasteiger partial charge in [-0.1, -0.05) is 6.07 Å². The molecule has 4 heteroatoms. The van der Waals surface area contributed by atoms with Crippen LogP contribution < -0.4 is 0 Å². The Morgan fingerprint density at radius 1 is 1.24 bits per heavy atom. The number of hydrogen-bond donors (Lipinski definition) is 1. The molecule has 84 valence electrons. The van der Waals surface area contributed by atoms with Gasteiger partial charge in [0, 0.05) is 23.5 Å². The van der Waals surface area contributed by atoms with Crippen LogP contribution in [0, 0.1) is 11.7 Å². The van der Waals surface area contributed by atoms with Gasteiger partial charge < -0.3 is 4.98 Å². The van der Waals surface area contributed by atoms with E-state index in [1.807, 2.05) is 42.0 Å². The minimum atomic E-state index is 0.707. The minimum absolute atomic E-state index is 0.707. The zero-order valence-corrected chi connectivity index (χ0v) is 10.2. The molecule has 3 rings (SSSR count). The number of rotatable bonds is 1. The number of aryl methyl sites for hydroxylation is 1. The summed E-state index contributed by atoms with van der Waals surface area (Å²) in [5.74, 6) is 0. The highest BCUT2D eigenvalue weighted by atomic mass is 32.1. The summed E-state index contributed by atoms with van der Waals surface area (Å²) in [5, 5.41) is 1.10. The van der Waals surface area contributed by atoms with Crippen LogP contribution in [0.15, 0.2) is 42.7 Å². The van der Waals surface area contributed by atoms with E-state index in [0.29, 0.717) is 4.77 Å². The van der Waals surface area contributed by atoms with Crippen LogP contribution in [0.4, 0.5) is 0 Å². The summed E-state index contributed by atoms with van der Waals surface area (Å²) < 4.78 is 2.69. The Morgan fingerprint density at radius 3 is 2.88 bits per heavy atom. The van der Waals surface area contributed by atoms with Gasteiger partial charge in [0.15, 0.2) is 4.77 Å². The molecule has 0 aliphatic carbocycles. The number of H-pyrrole nitrogens is 1. The standard InChI is InChI=1S/C13H11N3S/c1-9-8-16(13(17)15-9)12-6-2-5-11-10(12)4-3-7-14-11/h2-8H,1H3,(H,15,17). The first-order chi connectivity index (χ1) is 8.25. The molecule has 2 aromatic heterocycles. The van der Waals surface area contributed by atoms with Crippen molar-refractivity contribution in [2.45, 2.75) is 6.92 Å². The van der Waals surface area contributed by atoms with E-state index in [1.54, 1.807) is 6.20 Å². The zero-order chi connectivity index (χ0) is 11.8. The zero-order valence-electron chi connectivity index (χ0n) is 9.34. The van der Waals surface area contributed by atoms with Gasteiger partial charge in [0.1, 0.15) is 0 Å². The van der Waals surface area contributed by atoms with Gasteiger partial charge >= 0.3 is 0 Å². The van der Waals surface area contributed by atoms with Crippen LogP contribution in [-0.2, 0) is 0 Å². The normalized spacial score (nSPS) is 10.9. The van der Waals surface area contributed by atoms with Crippen molar-refractivity contribution in [3.8, 4) is 5.69 Å². The first-order valence-corrected chi connectivity index (χ1v) is 5.79. The van der Waals surface area contributed by atoms with E-state index in [-0.39, 0.29) is 0 Å². The predicted octanol–water partition coefficient (Wildman–Crippen LogP) is 3.39. The summed E-state index contributed by atoms with van der Waals surface area (Å²) >= 11 is 5.30. The average molecular weight is 241 g/mol. The summed E-state index contributed by atoms with van der Waals surface area (Å²) in [6.07, 6.45) is 3.80. The van der Waals surface area contributed by atoms with E-state index < -0.39 is 0 Å². The topological polar surface area (TPSA) is 33.6 Å². The molecule has 0 saturated heterocycles. The lowest BCUT2D eigenvalue weighted by Crippen LogP contribution is -1.94. The van der Waals surface area contributed by atoms with Gasteiger partial charge in [-0.15, -0.1) is 0 Å². The van der Waals surface area contributed by atoms with Gasteiger partial charge in [-0.05, 0) is 43.4 Å². The van der Waals surface area contributed by atoms with Crippen LogP contribution in [0.1, 0.15) is 5.69 Å². The molecule has 2 heterocycles. The number of imidazole rings is 1. The molecule has 0 saturated carbocycles. The second kappa shape index (κ2) is 3.82. The van der Waals surface area contributed by atoms with E-state index >= 15 is 0 Å². The lowest BCUT2D eigenvalue weighted by atomic mass is 10.2. The van der Waals surface area contributed by atoms with Crippen molar-refractivity contribution in [3.63, 3.8) is 0 Å². The van der Waals surface area contributed by atoms with Crippen molar-refractivity contribution in [3.05, 3.63) is 53.2 Å². The van der Waals surface area contributed by atoms with Crippen LogP contribution in [-0.4, -0.2) is 14.5 Å². The monoisotopic (exact) mass is 241 g/mol. The van der Waals surface area contributed by atoms with Crippen LogP contribution in [0.25, 0.3) is 16.6 Å². The molecule has 0 aliphatic heterocycles. The molecule has 0 fully saturated rings. The van der Waals surface area contributed by atoms with Gasteiger partial charge in [0.25, 0.3) is 0 Å². The maximum Gasteiger partial charge on any atom is 0.182 e. The minimum Gasteiger partial charge on any atom is -0.335 e. The van der Waals surface area contributed by atoms with E-state index in [1.165, 1.54) is 0 Å². The van der Waals surface area contributed by atoms with E-state index in [4.69, 9.17) is 12.2 Å². The fraction of sp³-hybridized carbons (Fsp3) is 0.0769. The Morgan fingerprint density at radius 2 is 2.12 bits per heavy atom. The van der Waals surface area contributed by atoms with E-state index in [2.05, 4.69) is 16.0 Å². The van der Waals surface area contributed by atoms with Gasteiger partial charge in [0.05, 0.1) is 11.2 Å². The van der Waals surface area contributed by atoms with Gasteiger partial charge in [-0.3, -0.25) is 9.55 Å².